The summed E-state index contributed by atoms with van der Waals surface area (Å²) in [6, 6.07) is 10.3. The van der Waals surface area contributed by atoms with E-state index in [0.717, 1.165) is 0 Å². The van der Waals surface area contributed by atoms with Gasteiger partial charge in [-0.15, -0.1) is 0 Å². The predicted molar refractivity (Wildman–Crippen MR) is 46.8 cm³/mol. The van der Waals surface area contributed by atoms with Gasteiger partial charge in [0.2, 0.25) is 0 Å². The van der Waals surface area contributed by atoms with Gasteiger partial charge >= 0.3 is 25.4 Å². The fourth-order valence-corrected chi connectivity index (χ4v) is 0.750. The molecule has 10 heavy (non-hydrogen) atoms. The molecule has 0 unspecified atom stereocenters. The third-order valence-electron chi connectivity index (χ3n) is 0.843. The molecule has 0 spiro atoms. The third-order valence-corrected chi connectivity index (χ3v) is 1.31. The minimum Gasteiger partial charge on any atom is -0.323 e. The van der Waals surface area contributed by atoms with Crippen molar-refractivity contribution < 1.29 is 0 Å². The SMILES string of the molecule is CNC.[Mg+2][c]1ccccc1. The van der Waals surface area contributed by atoms with Gasteiger partial charge in [-0.3, -0.25) is 0 Å². The molecule has 1 aromatic rings. The maximum atomic E-state index is 2.75. The first kappa shape index (κ1) is 9.95. The predicted octanol–water partition coefficient (Wildman–Crippen LogP) is 0.316. The van der Waals surface area contributed by atoms with E-state index in [0.29, 0.717) is 0 Å². The Morgan fingerprint density at radius 3 is 1.70 bits per heavy atom. The van der Waals surface area contributed by atoms with Crippen molar-refractivity contribution in [1.29, 1.82) is 0 Å². The zero-order valence-corrected chi connectivity index (χ0v) is 8.01. The van der Waals surface area contributed by atoms with E-state index >= 15 is 0 Å². The zero-order chi connectivity index (χ0) is 7.82. The monoisotopic (exact) mass is 146 g/mol. The number of hydrogen-bond acceptors (Lipinski definition) is 1. The van der Waals surface area contributed by atoms with Gasteiger partial charge in [-0.2, -0.15) is 0 Å². The first-order valence-corrected chi connectivity index (χ1v) is 3.97. The Balaban J connectivity index is 0.000000236. The van der Waals surface area contributed by atoms with Crippen LogP contribution in [-0.2, 0) is 0 Å². The van der Waals surface area contributed by atoms with Crippen molar-refractivity contribution in [3.63, 3.8) is 0 Å². The first-order chi connectivity index (χ1) is 4.81. The van der Waals surface area contributed by atoms with E-state index in [1.807, 2.05) is 54.0 Å². The van der Waals surface area contributed by atoms with Crippen LogP contribution in [0.25, 0.3) is 0 Å². The summed E-state index contributed by atoms with van der Waals surface area (Å²) in [5, 5.41) is 2.75. The lowest BCUT2D eigenvalue weighted by Gasteiger charge is -1.65. The molecule has 0 saturated carbocycles. The summed E-state index contributed by atoms with van der Waals surface area (Å²) >= 11 is 1.90. The second kappa shape index (κ2) is 7.06. The molecule has 0 bridgehead atoms. The standard InChI is InChI=1S/C6H5.C2H7N.Mg/c1-2-4-6-5-3-1;1-3-2;/h1-5H;3H,1-2H3;/q;;+2. The van der Waals surface area contributed by atoms with E-state index in [9.17, 15) is 0 Å². The Bertz CT molecular complexity index is 151. The Morgan fingerprint density at radius 1 is 1.10 bits per heavy atom. The van der Waals surface area contributed by atoms with Gasteiger partial charge in [-0.25, -0.2) is 0 Å². The normalized spacial score (nSPS) is 7.90. The van der Waals surface area contributed by atoms with E-state index in [-0.39, 0.29) is 0 Å². The van der Waals surface area contributed by atoms with Gasteiger partial charge in [0.15, 0.2) is 0 Å². The van der Waals surface area contributed by atoms with E-state index in [4.69, 9.17) is 0 Å². The van der Waals surface area contributed by atoms with Gasteiger partial charge in [0, 0.05) is 12.1 Å². The quantitative estimate of drug-likeness (QED) is 0.520. The van der Waals surface area contributed by atoms with Crippen LogP contribution in [0.4, 0.5) is 0 Å². The molecule has 0 aliphatic rings. The summed E-state index contributed by atoms with van der Waals surface area (Å²) in [6.07, 6.45) is 0. The van der Waals surface area contributed by atoms with Crippen LogP contribution in [0.1, 0.15) is 0 Å². The van der Waals surface area contributed by atoms with Gasteiger partial charge in [-0.05, 0) is 14.1 Å². The van der Waals surface area contributed by atoms with Crippen molar-refractivity contribution >= 4 is 25.4 Å². The second-order valence-corrected chi connectivity index (χ2v) is 2.80. The van der Waals surface area contributed by atoms with Crippen molar-refractivity contribution in [2.45, 2.75) is 0 Å². The highest BCUT2D eigenvalue weighted by Crippen LogP contribution is 1.76. The van der Waals surface area contributed by atoms with Crippen LogP contribution in [0.2, 0.25) is 0 Å². The molecule has 49 valence electrons. The van der Waals surface area contributed by atoms with Gasteiger partial charge in [-0.1, -0.05) is 18.2 Å². The van der Waals surface area contributed by atoms with Crippen molar-refractivity contribution in [3.8, 4) is 0 Å². The summed E-state index contributed by atoms with van der Waals surface area (Å²) in [4.78, 5) is 0. The fourth-order valence-electron chi connectivity index (χ4n) is 0.478. The summed E-state index contributed by atoms with van der Waals surface area (Å²) in [5.74, 6) is 0. The molecule has 0 aromatic heterocycles. The highest BCUT2D eigenvalue weighted by Gasteiger charge is 2.28. The molecule has 1 N–H and O–H groups in total. The number of nitrogens with one attached hydrogen (secondary N) is 1. The van der Waals surface area contributed by atoms with Gasteiger partial charge in [0.1, 0.15) is 0 Å². The largest absolute Gasteiger partial charge is 1.47 e. The van der Waals surface area contributed by atoms with Crippen LogP contribution in [-0.4, -0.2) is 35.8 Å². The third kappa shape index (κ3) is 6.07. The minimum atomic E-state index is 1.35. The molecule has 0 saturated heterocycles. The molecule has 0 amide bonds. The lowest BCUT2D eigenvalue weighted by atomic mass is 10.4. The van der Waals surface area contributed by atoms with E-state index in [1.165, 1.54) is 3.69 Å². The maximum absolute atomic E-state index is 2.75. The molecule has 1 nitrogen and oxygen atoms in total. The minimum absolute atomic E-state index is 1.35. The van der Waals surface area contributed by atoms with Gasteiger partial charge in [0.05, 0.1) is 0 Å². The average molecular weight is 146 g/mol. The van der Waals surface area contributed by atoms with E-state index < -0.39 is 0 Å². The van der Waals surface area contributed by atoms with E-state index in [1.54, 1.807) is 0 Å². The summed E-state index contributed by atoms with van der Waals surface area (Å²) in [7, 11) is 3.75. The summed E-state index contributed by atoms with van der Waals surface area (Å²) in [5.41, 5.74) is 0. The highest BCUT2D eigenvalue weighted by atomic mass is 24.4. The molecule has 7 radical (unpaired) electrons. The first-order valence-electron chi connectivity index (χ1n) is 3.26. The van der Waals surface area contributed by atoms with E-state index in [2.05, 4.69) is 17.4 Å². The molecule has 0 aliphatic carbocycles. The maximum Gasteiger partial charge on any atom is 1.47 e. The summed E-state index contributed by atoms with van der Waals surface area (Å²) in [6.45, 7) is 0. The lowest BCUT2D eigenvalue weighted by molar-refractivity contribution is 1.02. The van der Waals surface area contributed by atoms with Crippen molar-refractivity contribution in [1.82, 2.24) is 5.32 Å². The van der Waals surface area contributed by atoms with Crippen LogP contribution < -0.4 is 9.01 Å². The number of rotatable bonds is 0. The molecular formula is C8H12MgN+2. The molecule has 0 fully saturated rings. The van der Waals surface area contributed by atoms with Crippen molar-refractivity contribution in [2.24, 2.45) is 0 Å². The Hall–Kier alpha value is -0.0538. The molecular weight excluding hydrogens is 134 g/mol. The topological polar surface area (TPSA) is 12.0 Å². The number of benzene rings is 1. The van der Waals surface area contributed by atoms with Crippen LogP contribution >= 0.6 is 0 Å². The van der Waals surface area contributed by atoms with Gasteiger partial charge < -0.3 is 5.32 Å². The molecule has 0 aliphatic heterocycles. The molecule has 0 heterocycles. The highest BCUT2D eigenvalue weighted by molar-refractivity contribution is 6.32. The van der Waals surface area contributed by atoms with Gasteiger partial charge in [0.25, 0.3) is 0 Å². The summed E-state index contributed by atoms with van der Waals surface area (Å²) < 4.78 is 1.35. The molecule has 0 atom stereocenters. The second-order valence-electron chi connectivity index (χ2n) is 1.99. The number of hydrogen-bond donors (Lipinski definition) is 1. The molecule has 1 rings (SSSR count). The van der Waals surface area contributed by atoms with Crippen LogP contribution in [0.15, 0.2) is 30.3 Å². The van der Waals surface area contributed by atoms with Crippen molar-refractivity contribution in [3.05, 3.63) is 30.3 Å². The van der Waals surface area contributed by atoms with Crippen LogP contribution in [0.5, 0.6) is 0 Å². The van der Waals surface area contributed by atoms with Crippen molar-refractivity contribution in [2.75, 3.05) is 14.1 Å². The Morgan fingerprint density at radius 2 is 1.50 bits per heavy atom. The van der Waals surface area contributed by atoms with Crippen LogP contribution in [0, 0.1) is 0 Å². The van der Waals surface area contributed by atoms with Crippen LogP contribution in [0.3, 0.4) is 0 Å². The smallest absolute Gasteiger partial charge is 0.323 e. The molecule has 2 heteroatoms. The molecule has 1 aromatic carbocycles. The average Bonchev–Trinajstić information content (AvgIpc) is 1.91. The Kier molecular flexibility index (Phi) is 7.02. The zero-order valence-electron chi connectivity index (χ0n) is 6.59. The Labute approximate surface area is 75.3 Å². The lowest BCUT2D eigenvalue weighted by Crippen LogP contribution is -1.97. The fraction of sp³-hybridized carbons (Fsp3) is 0.250.